The standard InChI is InChI=1S/C40H62N8O5/c1-5-33-27-43-48-35(24-36(44-38(33)48)47-16-7-6-8-34(47)15-21-49)41-25-32-9-10-37(42-26-32)52-23-22-51-29-31-11-17-45(18-12-31)28-30-13-19-46(20-14-30)39(50)53-40(2,3)4/h9-10,24,26-27,30-31,34,41,49H,5-8,11-23,25,28-29H2,1-4H3/t34-/m0/s1. The number of pyridine rings is 1. The van der Waals surface area contributed by atoms with Crippen LogP contribution in [-0.4, -0.2) is 118 Å². The van der Waals surface area contributed by atoms with Crippen LogP contribution in [0.1, 0.15) is 90.2 Å². The fraction of sp³-hybridized carbons (Fsp3) is 0.700. The van der Waals surface area contributed by atoms with Crippen LogP contribution >= 0.6 is 0 Å². The fourth-order valence-corrected chi connectivity index (χ4v) is 7.84. The lowest BCUT2D eigenvalue weighted by atomic mass is 9.93. The van der Waals surface area contributed by atoms with Crippen LogP contribution in [0.15, 0.2) is 30.6 Å². The van der Waals surface area contributed by atoms with Crippen LogP contribution in [0.5, 0.6) is 5.88 Å². The largest absolute Gasteiger partial charge is 0.475 e. The summed E-state index contributed by atoms with van der Waals surface area (Å²) in [6, 6.07) is 6.34. The molecule has 292 valence electrons. The Morgan fingerprint density at radius 2 is 1.77 bits per heavy atom. The molecule has 0 aromatic carbocycles. The second kappa shape index (κ2) is 18.6. The molecule has 3 aliphatic heterocycles. The van der Waals surface area contributed by atoms with E-state index in [4.69, 9.17) is 19.2 Å². The number of aromatic nitrogens is 4. The molecule has 53 heavy (non-hydrogen) atoms. The Bertz CT molecular complexity index is 1580. The molecule has 1 amide bonds. The van der Waals surface area contributed by atoms with Crippen LogP contribution in [0.4, 0.5) is 16.4 Å². The lowest BCUT2D eigenvalue weighted by Crippen LogP contribution is -2.45. The normalized spacial score (nSPS) is 19.5. The number of carbonyl (C=O) groups is 1. The quantitative estimate of drug-likeness (QED) is 0.184. The van der Waals surface area contributed by atoms with Crippen molar-refractivity contribution in [2.45, 2.75) is 104 Å². The molecule has 13 nitrogen and oxygen atoms in total. The van der Waals surface area contributed by atoms with E-state index in [1.54, 1.807) is 0 Å². The molecule has 0 bridgehead atoms. The molecule has 2 N–H and O–H groups in total. The second-order valence-corrected chi connectivity index (χ2v) is 16.0. The molecule has 3 aromatic heterocycles. The maximum atomic E-state index is 12.4. The van der Waals surface area contributed by atoms with Crippen LogP contribution in [0, 0.1) is 11.8 Å². The van der Waals surface area contributed by atoms with Crippen molar-refractivity contribution >= 4 is 23.4 Å². The number of likely N-dealkylation sites (tertiary alicyclic amines) is 2. The van der Waals surface area contributed by atoms with Gasteiger partial charge in [-0.3, -0.25) is 0 Å². The number of nitrogens with zero attached hydrogens (tertiary/aromatic N) is 7. The molecule has 13 heteroatoms. The van der Waals surface area contributed by atoms with Gasteiger partial charge in [0.1, 0.15) is 23.8 Å². The molecular formula is C40H62N8O5. The number of piperidine rings is 3. The molecule has 0 saturated carbocycles. The Morgan fingerprint density at radius 1 is 0.981 bits per heavy atom. The molecule has 0 radical (unpaired) electrons. The second-order valence-electron chi connectivity index (χ2n) is 16.0. The zero-order chi connectivity index (χ0) is 37.2. The number of nitrogens with one attached hydrogen (secondary N) is 1. The topological polar surface area (TPSA) is 130 Å². The van der Waals surface area contributed by atoms with Gasteiger partial charge in [0.15, 0.2) is 5.65 Å². The van der Waals surface area contributed by atoms with Crippen molar-refractivity contribution in [3.8, 4) is 5.88 Å². The van der Waals surface area contributed by atoms with E-state index in [-0.39, 0.29) is 12.7 Å². The lowest BCUT2D eigenvalue weighted by molar-refractivity contribution is 0.0152. The summed E-state index contributed by atoms with van der Waals surface area (Å²) in [5.74, 6) is 3.65. The number of hydrogen-bond donors (Lipinski definition) is 2. The van der Waals surface area contributed by atoms with E-state index >= 15 is 0 Å². The molecule has 3 aliphatic rings. The van der Waals surface area contributed by atoms with E-state index < -0.39 is 5.60 Å². The van der Waals surface area contributed by atoms with Crippen molar-refractivity contribution < 1.29 is 24.1 Å². The summed E-state index contributed by atoms with van der Waals surface area (Å²) in [5.41, 5.74) is 2.59. The highest BCUT2D eigenvalue weighted by atomic mass is 16.6. The van der Waals surface area contributed by atoms with Gasteiger partial charge in [-0.2, -0.15) is 9.61 Å². The first kappa shape index (κ1) is 39.0. The average molecular weight is 735 g/mol. The summed E-state index contributed by atoms with van der Waals surface area (Å²) in [7, 11) is 0. The van der Waals surface area contributed by atoms with Crippen LogP contribution in [0.3, 0.4) is 0 Å². The summed E-state index contributed by atoms with van der Waals surface area (Å²) < 4.78 is 19.4. The summed E-state index contributed by atoms with van der Waals surface area (Å²) in [4.78, 5) is 28.8. The van der Waals surface area contributed by atoms with Crippen LogP contribution in [0.25, 0.3) is 5.65 Å². The number of anilines is 2. The zero-order valence-corrected chi connectivity index (χ0v) is 32.5. The number of aryl methyl sites for hydroxylation is 1. The van der Waals surface area contributed by atoms with E-state index in [0.29, 0.717) is 43.5 Å². The molecular weight excluding hydrogens is 672 g/mol. The van der Waals surface area contributed by atoms with E-state index in [2.05, 4.69) is 38.2 Å². The zero-order valence-electron chi connectivity index (χ0n) is 32.5. The summed E-state index contributed by atoms with van der Waals surface area (Å²) in [5, 5.41) is 17.9. The first-order valence-electron chi connectivity index (χ1n) is 20.0. The van der Waals surface area contributed by atoms with Gasteiger partial charge in [-0.05, 0) is 109 Å². The van der Waals surface area contributed by atoms with Gasteiger partial charge in [0.05, 0.1) is 12.8 Å². The summed E-state index contributed by atoms with van der Waals surface area (Å²) in [6.07, 6.45) is 13.0. The molecule has 3 saturated heterocycles. The summed E-state index contributed by atoms with van der Waals surface area (Å²) >= 11 is 0. The number of ether oxygens (including phenoxy) is 3. The SMILES string of the molecule is CCc1cnn2c(NCc3ccc(OCCOCC4CCN(CC5CCN(C(=O)OC(C)(C)C)CC5)CC4)nc3)cc(N3CCCC[C@H]3CCO)nc12. The number of amides is 1. The average Bonchev–Trinajstić information content (AvgIpc) is 3.58. The molecule has 3 aromatic rings. The van der Waals surface area contributed by atoms with Crippen molar-refractivity contribution in [1.29, 1.82) is 0 Å². The number of fused-ring (bicyclic) bond motifs is 1. The van der Waals surface area contributed by atoms with Gasteiger partial charge in [0.25, 0.3) is 0 Å². The van der Waals surface area contributed by atoms with Crippen LogP contribution < -0.4 is 15.0 Å². The highest BCUT2D eigenvalue weighted by Gasteiger charge is 2.29. The third kappa shape index (κ3) is 10.9. The van der Waals surface area contributed by atoms with Gasteiger partial charge in [-0.1, -0.05) is 13.0 Å². The molecule has 1 atom stereocenters. The first-order valence-corrected chi connectivity index (χ1v) is 20.0. The van der Waals surface area contributed by atoms with Crippen molar-refractivity contribution in [3.63, 3.8) is 0 Å². The van der Waals surface area contributed by atoms with Gasteiger partial charge in [0, 0.05) is 75.9 Å². The highest BCUT2D eigenvalue weighted by molar-refractivity contribution is 5.68. The number of aliphatic hydroxyl groups excluding tert-OH is 1. The minimum Gasteiger partial charge on any atom is -0.475 e. The molecule has 6 rings (SSSR count). The molecule has 6 heterocycles. The minimum atomic E-state index is -0.445. The Kier molecular flexibility index (Phi) is 13.7. The van der Waals surface area contributed by atoms with Crippen molar-refractivity contribution in [3.05, 3.63) is 41.7 Å². The number of rotatable bonds is 15. The molecule has 0 aliphatic carbocycles. The van der Waals surface area contributed by atoms with Crippen molar-refractivity contribution in [2.75, 3.05) is 75.9 Å². The minimum absolute atomic E-state index is 0.180. The van der Waals surface area contributed by atoms with Gasteiger partial charge in [0.2, 0.25) is 5.88 Å². The van der Waals surface area contributed by atoms with Gasteiger partial charge in [-0.15, -0.1) is 0 Å². The predicted octanol–water partition coefficient (Wildman–Crippen LogP) is 5.79. The first-order chi connectivity index (χ1) is 25.7. The number of carbonyl (C=O) groups excluding carboxylic acids is 1. The third-order valence-electron chi connectivity index (χ3n) is 10.9. The fourth-order valence-electron chi connectivity index (χ4n) is 7.84. The monoisotopic (exact) mass is 734 g/mol. The number of hydrogen-bond acceptors (Lipinski definition) is 11. The van der Waals surface area contributed by atoms with Crippen LogP contribution in [0.2, 0.25) is 0 Å². The Hall–Kier alpha value is -3.68. The van der Waals surface area contributed by atoms with E-state index in [0.717, 1.165) is 126 Å². The van der Waals surface area contributed by atoms with E-state index in [1.165, 1.54) is 6.42 Å². The molecule has 3 fully saturated rings. The van der Waals surface area contributed by atoms with E-state index in [9.17, 15) is 9.90 Å². The summed E-state index contributed by atoms with van der Waals surface area (Å²) in [6.45, 7) is 16.3. The van der Waals surface area contributed by atoms with Gasteiger partial charge in [-0.25, -0.2) is 14.8 Å². The molecule has 0 spiro atoms. The lowest BCUT2D eigenvalue weighted by Gasteiger charge is -2.38. The smallest absolute Gasteiger partial charge is 0.410 e. The van der Waals surface area contributed by atoms with Crippen molar-refractivity contribution in [2.24, 2.45) is 11.8 Å². The van der Waals surface area contributed by atoms with Gasteiger partial charge >= 0.3 is 6.09 Å². The highest BCUT2D eigenvalue weighted by Crippen LogP contribution is 2.29. The third-order valence-corrected chi connectivity index (χ3v) is 10.9. The Labute approximate surface area is 315 Å². The Morgan fingerprint density at radius 3 is 2.49 bits per heavy atom. The maximum Gasteiger partial charge on any atom is 0.410 e. The molecule has 0 unspecified atom stereocenters. The van der Waals surface area contributed by atoms with Crippen LogP contribution in [-0.2, 0) is 22.4 Å². The predicted molar refractivity (Wildman–Crippen MR) is 207 cm³/mol. The van der Waals surface area contributed by atoms with Gasteiger partial charge < -0.3 is 39.3 Å². The van der Waals surface area contributed by atoms with E-state index in [1.807, 2.05) is 54.7 Å². The maximum absolute atomic E-state index is 12.4. The number of aliphatic hydroxyl groups is 1. The van der Waals surface area contributed by atoms with Crippen molar-refractivity contribution in [1.82, 2.24) is 29.4 Å². The Balaban J connectivity index is 0.884.